The average Bonchev–Trinajstić information content (AvgIpc) is 2.48. The maximum absolute atomic E-state index is 9.20. The zero-order valence-corrected chi connectivity index (χ0v) is 11.5. The number of rotatable bonds is 3. The highest BCUT2D eigenvalue weighted by Gasteiger charge is 2.17. The van der Waals surface area contributed by atoms with Gasteiger partial charge in [0.1, 0.15) is 5.75 Å². The van der Waals surface area contributed by atoms with Gasteiger partial charge in [0.2, 0.25) is 0 Å². The Morgan fingerprint density at radius 3 is 2.80 bits per heavy atom. The Morgan fingerprint density at radius 1 is 1.25 bits per heavy atom. The summed E-state index contributed by atoms with van der Waals surface area (Å²) in [5.74, 6) is 0.809. The van der Waals surface area contributed by atoms with E-state index in [9.17, 15) is 5.11 Å². The van der Waals surface area contributed by atoms with Crippen LogP contribution in [0.15, 0.2) is 24.3 Å². The number of hydrogen-bond acceptors (Lipinski definition) is 4. The molecule has 1 aliphatic rings. The Bertz CT molecular complexity index is 607. The van der Waals surface area contributed by atoms with Crippen LogP contribution in [0.25, 0.3) is 10.9 Å². The Balaban J connectivity index is 1.98. The van der Waals surface area contributed by atoms with Gasteiger partial charge in [-0.3, -0.25) is 4.98 Å². The van der Waals surface area contributed by atoms with E-state index in [2.05, 4.69) is 4.98 Å². The summed E-state index contributed by atoms with van der Waals surface area (Å²) >= 11 is 0. The average molecular weight is 272 g/mol. The summed E-state index contributed by atoms with van der Waals surface area (Å²) in [4.78, 5) is 4.40. The van der Waals surface area contributed by atoms with Crippen LogP contribution < -0.4 is 10.5 Å². The number of aromatic nitrogens is 1. The third kappa shape index (κ3) is 2.56. The second kappa shape index (κ2) is 5.67. The van der Waals surface area contributed by atoms with Crippen molar-refractivity contribution in [2.24, 2.45) is 0 Å². The molecule has 1 fully saturated rings. The number of benzene rings is 1. The lowest BCUT2D eigenvalue weighted by Gasteiger charge is -2.24. The molecule has 0 atom stereocenters. The molecule has 1 aromatic heterocycles. The quantitative estimate of drug-likeness (QED) is 0.901. The minimum atomic E-state index is -0.103. The third-order valence-corrected chi connectivity index (χ3v) is 3.89. The van der Waals surface area contributed by atoms with E-state index in [-0.39, 0.29) is 12.7 Å². The maximum Gasteiger partial charge on any atom is 0.131 e. The fraction of sp³-hybridized carbons (Fsp3) is 0.438. The van der Waals surface area contributed by atoms with Gasteiger partial charge in [-0.15, -0.1) is 0 Å². The summed E-state index contributed by atoms with van der Waals surface area (Å²) < 4.78 is 6.14. The van der Waals surface area contributed by atoms with Gasteiger partial charge in [-0.25, -0.2) is 0 Å². The molecule has 4 heteroatoms. The molecule has 1 saturated carbocycles. The molecule has 20 heavy (non-hydrogen) atoms. The summed E-state index contributed by atoms with van der Waals surface area (Å²) in [5, 5.41) is 10.1. The van der Waals surface area contributed by atoms with Crippen molar-refractivity contribution < 1.29 is 9.84 Å². The number of pyridine rings is 1. The van der Waals surface area contributed by atoms with Crippen LogP contribution in [0.1, 0.15) is 37.8 Å². The molecule has 1 aromatic carbocycles. The van der Waals surface area contributed by atoms with Gasteiger partial charge in [-0.05, 0) is 43.9 Å². The molecule has 106 valence electrons. The summed E-state index contributed by atoms with van der Waals surface area (Å²) in [6.07, 6.45) is 6.28. The number of aliphatic hydroxyl groups excluding tert-OH is 1. The van der Waals surface area contributed by atoms with E-state index in [0.717, 1.165) is 29.5 Å². The highest BCUT2D eigenvalue weighted by Crippen LogP contribution is 2.33. The molecule has 3 N–H and O–H groups in total. The maximum atomic E-state index is 9.20. The molecule has 0 aliphatic heterocycles. The zero-order valence-electron chi connectivity index (χ0n) is 11.5. The van der Waals surface area contributed by atoms with E-state index in [4.69, 9.17) is 10.5 Å². The van der Waals surface area contributed by atoms with Crippen LogP contribution in [0.5, 0.6) is 5.75 Å². The smallest absolute Gasteiger partial charge is 0.131 e. The first-order chi connectivity index (χ1) is 9.78. The number of fused-ring (bicyclic) bond motifs is 1. The van der Waals surface area contributed by atoms with Crippen molar-refractivity contribution in [3.8, 4) is 5.75 Å². The molecule has 2 aromatic rings. The minimum absolute atomic E-state index is 0.103. The van der Waals surface area contributed by atoms with Crippen molar-refractivity contribution >= 4 is 16.6 Å². The molecule has 0 amide bonds. The molecule has 1 heterocycles. The standard InChI is InChI=1S/C16H20N2O2/c17-13-9-11(10-19)18-14-7-4-8-15(16(13)14)20-12-5-2-1-3-6-12/h4,7-9,12,19H,1-3,5-6,10H2,(H2,17,18). The molecule has 0 bridgehead atoms. The highest BCUT2D eigenvalue weighted by atomic mass is 16.5. The molecule has 0 unspecified atom stereocenters. The first-order valence-electron chi connectivity index (χ1n) is 7.23. The van der Waals surface area contributed by atoms with Crippen molar-refractivity contribution in [2.45, 2.75) is 44.8 Å². The van der Waals surface area contributed by atoms with Crippen LogP contribution in [-0.4, -0.2) is 16.2 Å². The SMILES string of the molecule is Nc1cc(CO)nc2cccc(OC3CCCCC3)c12. The zero-order chi connectivity index (χ0) is 13.9. The van der Waals surface area contributed by atoms with Crippen molar-refractivity contribution in [2.75, 3.05) is 5.73 Å². The molecular formula is C16H20N2O2. The number of aliphatic hydroxyl groups is 1. The van der Waals surface area contributed by atoms with E-state index >= 15 is 0 Å². The molecule has 0 saturated heterocycles. The van der Waals surface area contributed by atoms with Crippen LogP contribution in [-0.2, 0) is 6.61 Å². The second-order valence-corrected chi connectivity index (χ2v) is 5.39. The minimum Gasteiger partial charge on any atom is -0.490 e. The normalized spacial score (nSPS) is 16.4. The number of nitrogen functional groups attached to an aromatic ring is 1. The van der Waals surface area contributed by atoms with Gasteiger partial charge in [-0.1, -0.05) is 12.5 Å². The summed E-state index contributed by atoms with van der Waals surface area (Å²) in [6.45, 7) is -0.103. The van der Waals surface area contributed by atoms with E-state index < -0.39 is 0 Å². The van der Waals surface area contributed by atoms with E-state index in [1.807, 2.05) is 18.2 Å². The predicted octanol–water partition coefficient (Wildman–Crippen LogP) is 3.02. The van der Waals surface area contributed by atoms with Crippen molar-refractivity contribution in [3.05, 3.63) is 30.0 Å². The lowest BCUT2D eigenvalue weighted by Crippen LogP contribution is -2.19. The number of nitrogens with zero attached hydrogens (tertiary/aromatic N) is 1. The van der Waals surface area contributed by atoms with Crippen molar-refractivity contribution in [1.29, 1.82) is 0 Å². The Hall–Kier alpha value is -1.81. The summed E-state index contributed by atoms with van der Waals surface area (Å²) in [6, 6.07) is 7.50. The predicted molar refractivity (Wildman–Crippen MR) is 79.6 cm³/mol. The molecule has 3 rings (SSSR count). The van der Waals surface area contributed by atoms with Gasteiger partial charge in [-0.2, -0.15) is 0 Å². The number of anilines is 1. The van der Waals surface area contributed by atoms with Crippen molar-refractivity contribution in [1.82, 2.24) is 4.98 Å². The fourth-order valence-corrected chi connectivity index (χ4v) is 2.88. The van der Waals surface area contributed by atoms with Gasteiger partial charge in [0, 0.05) is 5.69 Å². The van der Waals surface area contributed by atoms with Gasteiger partial charge < -0.3 is 15.6 Å². The topological polar surface area (TPSA) is 68.4 Å². The second-order valence-electron chi connectivity index (χ2n) is 5.39. The van der Waals surface area contributed by atoms with Gasteiger partial charge in [0.15, 0.2) is 0 Å². The first-order valence-corrected chi connectivity index (χ1v) is 7.23. The van der Waals surface area contributed by atoms with E-state index in [0.29, 0.717) is 11.4 Å². The largest absolute Gasteiger partial charge is 0.490 e. The lowest BCUT2D eigenvalue weighted by molar-refractivity contribution is 0.157. The van der Waals surface area contributed by atoms with Crippen LogP contribution >= 0.6 is 0 Å². The fourth-order valence-electron chi connectivity index (χ4n) is 2.88. The van der Waals surface area contributed by atoms with Crippen LogP contribution in [0.4, 0.5) is 5.69 Å². The number of nitrogens with two attached hydrogens (primary N) is 1. The van der Waals surface area contributed by atoms with E-state index in [1.54, 1.807) is 6.07 Å². The van der Waals surface area contributed by atoms with Gasteiger partial charge >= 0.3 is 0 Å². The van der Waals surface area contributed by atoms with Crippen LogP contribution in [0, 0.1) is 0 Å². The van der Waals surface area contributed by atoms with Crippen molar-refractivity contribution in [3.63, 3.8) is 0 Å². The summed E-state index contributed by atoms with van der Waals surface area (Å²) in [7, 11) is 0. The lowest BCUT2D eigenvalue weighted by atomic mass is 9.97. The Kier molecular flexibility index (Phi) is 3.74. The molecule has 4 nitrogen and oxygen atoms in total. The number of hydrogen-bond donors (Lipinski definition) is 2. The molecule has 1 aliphatic carbocycles. The Labute approximate surface area is 118 Å². The van der Waals surface area contributed by atoms with Gasteiger partial charge in [0.25, 0.3) is 0 Å². The van der Waals surface area contributed by atoms with Crippen LogP contribution in [0.2, 0.25) is 0 Å². The monoisotopic (exact) mass is 272 g/mol. The molecule has 0 spiro atoms. The highest BCUT2D eigenvalue weighted by molar-refractivity contribution is 5.95. The van der Waals surface area contributed by atoms with Crippen LogP contribution in [0.3, 0.4) is 0 Å². The summed E-state index contributed by atoms with van der Waals surface area (Å²) in [5.41, 5.74) is 8.09. The third-order valence-electron chi connectivity index (χ3n) is 3.89. The van der Waals surface area contributed by atoms with E-state index in [1.165, 1.54) is 19.3 Å². The number of ether oxygens (including phenoxy) is 1. The first kappa shape index (κ1) is 13.2. The molecule has 0 radical (unpaired) electrons. The Morgan fingerprint density at radius 2 is 2.05 bits per heavy atom. The van der Waals surface area contributed by atoms with Gasteiger partial charge in [0.05, 0.1) is 29.3 Å². The molecular weight excluding hydrogens is 252 g/mol.